The molecule has 3 aliphatic heterocycles. The zero-order valence-corrected chi connectivity index (χ0v) is 34.9. The van der Waals surface area contributed by atoms with E-state index in [0.717, 1.165) is 11.8 Å². The van der Waals surface area contributed by atoms with Crippen LogP contribution in [0.1, 0.15) is 98.8 Å². The lowest BCUT2D eigenvalue weighted by atomic mass is 9.79. The smallest absolute Gasteiger partial charge is 0.307 e. The maximum Gasteiger partial charge on any atom is 0.307 e. The molecule has 7 atom stereocenters. The van der Waals surface area contributed by atoms with E-state index >= 15 is 4.79 Å². The molecule has 15 heteroatoms. The zero-order valence-electron chi connectivity index (χ0n) is 34.1. The zero-order chi connectivity index (χ0) is 41.6. The molecule has 0 spiro atoms. The number of carbonyl (C=O) groups excluding carboxylic acids is 4. The van der Waals surface area contributed by atoms with E-state index in [1.165, 1.54) is 4.90 Å². The molecule has 0 unspecified atom stereocenters. The molecule has 2 aliphatic carbocycles. The van der Waals surface area contributed by atoms with Gasteiger partial charge in [0.2, 0.25) is 27.7 Å². The molecule has 13 nitrogen and oxygen atoms in total. The number of halogens is 1. The minimum absolute atomic E-state index is 0.00456. The van der Waals surface area contributed by atoms with E-state index in [0.29, 0.717) is 49.4 Å². The summed E-state index contributed by atoms with van der Waals surface area (Å²) in [7, 11) is -4.35. The number of sulfonamides is 1. The number of ether oxygens (including phenoxy) is 4. The van der Waals surface area contributed by atoms with Gasteiger partial charge in [-0.25, -0.2) is 17.8 Å². The van der Waals surface area contributed by atoms with Crippen LogP contribution < -0.4 is 18.9 Å². The van der Waals surface area contributed by atoms with Crippen molar-refractivity contribution < 1.29 is 50.9 Å². The quantitative estimate of drug-likeness (QED) is 0.232. The van der Waals surface area contributed by atoms with Gasteiger partial charge in [0.1, 0.15) is 36.3 Å². The Hall–Kier alpha value is -4.27. The molecule has 2 amide bonds. The number of esters is 1. The summed E-state index contributed by atoms with van der Waals surface area (Å²) in [6, 6.07) is 4.36. The van der Waals surface area contributed by atoms with Gasteiger partial charge in [0, 0.05) is 29.8 Å². The van der Waals surface area contributed by atoms with Gasteiger partial charge in [0.15, 0.2) is 17.3 Å². The van der Waals surface area contributed by atoms with Crippen LogP contribution in [0.3, 0.4) is 0 Å². The lowest BCUT2D eigenvalue weighted by molar-refractivity contribution is -0.160. The molecule has 1 N–H and O–H groups in total. The number of hydrogen-bond donors (Lipinski definition) is 1. The molecule has 0 radical (unpaired) electrons. The molecule has 316 valence electrons. The summed E-state index contributed by atoms with van der Waals surface area (Å²) in [5.41, 5.74) is -2.17. The van der Waals surface area contributed by atoms with Crippen LogP contribution in [0.4, 0.5) is 4.39 Å². The number of pyridine rings is 1. The highest BCUT2D eigenvalue weighted by Crippen LogP contribution is 2.58. The predicted octanol–water partition coefficient (Wildman–Crippen LogP) is 6.02. The molecule has 7 rings (SSSR count). The lowest BCUT2D eigenvalue weighted by Crippen LogP contribution is -2.48. The normalized spacial score (nSPS) is 30.3. The summed E-state index contributed by atoms with van der Waals surface area (Å²) >= 11 is 0. The summed E-state index contributed by atoms with van der Waals surface area (Å²) in [4.78, 5) is 63.3. The standard InChI is InChI=1S/C43H56FN3O10S/c1-6-27-19-26(2)9-7-8-10-28-22-43(28,40(51)46-58(52,53)42(25-44)14-15-42)23-34(48)33-20-29(24-47(33)39(50)32(27)21-36(49)57-41(3,4)5)56-38-31-11-12-35-37(55-18-17-54-35)30(31)13-16-45-38/h8,10-13,16,26-29,32-33H,6-7,9,14-15,17-25H2,1-5H3,(H,46,51)/b10-8-/t26-,27+,28+,29+,32-,33-,43+/m0/s1. The molecule has 1 aromatic carbocycles. The monoisotopic (exact) mass is 825 g/mol. The Bertz CT molecular complexity index is 2080. The van der Waals surface area contributed by atoms with Gasteiger partial charge in [-0.05, 0) is 95.2 Å². The van der Waals surface area contributed by atoms with Crippen LogP contribution in [-0.4, -0.2) is 90.8 Å². The van der Waals surface area contributed by atoms with Crippen molar-refractivity contribution in [3.8, 4) is 17.4 Å². The number of benzene rings is 1. The first-order valence-corrected chi connectivity index (χ1v) is 22.2. The largest absolute Gasteiger partial charge is 0.486 e. The molecular weight excluding hydrogens is 770 g/mol. The number of nitrogens with zero attached hydrogens (tertiary/aromatic N) is 2. The van der Waals surface area contributed by atoms with E-state index in [9.17, 15) is 27.2 Å². The summed E-state index contributed by atoms with van der Waals surface area (Å²) in [5.74, 6) is -1.95. The van der Waals surface area contributed by atoms with Crippen LogP contribution in [0, 0.1) is 29.1 Å². The summed E-state index contributed by atoms with van der Waals surface area (Å²) in [6.07, 6.45) is 7.47. The molecule has 5 aliphatic rings. The number of nitrogens with one attached hydrogen (secondary N) is 1. The van der Waals surface area contributed by atoms with Crippen molar-refractivity contribution in [3.63, 3.8) is 0 Å². The van der Waals surface area contributed by atoms with Gasteiger partial charge in [-0.2, -0.15) is 0 Å². The Labute approximate surface area is 339 Å². The first kappa shape index (κ1) is 41.9. The van der Waals surface area contributed by atoms with E-state index in [2.05, 4.69) is 16.6 Å². The second kappa shape index (κ2) is 16.1. The number of allylic oxidation sites excluding steroid dienone is 2. The van der Waals surface area contributed by atoms with Crippen LogP contribution in [0.25, 0.3) is 10.8 Å². The maximum atomic E-state index is 15.1. The Morgan fingerprint density at radius 1 is 1.09 bits per heavy atom. The number of fused-ring (bicyclic) bond motifs is 5. The van der Waals surface area contributed by atoms with Crippen molar-refractivity contribution in [1.29, 1.82) is 0 Å². The third-order valence-electron chi connectivity index (χ3n) is 12.6. The number of Topliss-reactive ketones (excluding diaryl/α,β-unsaturated/α-hetero) is 1. The Morgan fingerprint density at radius 2 is 1.84 bits per heavy atom. The van der Waals surface area contributed by atoms with Gasteiger partial charge in [-0.15, -0.1) is 0 Å². The van der Waals surface area contributed by atoms with Crippen LogP contribution in [0.15, 0.2) is 36.5 Å². The van der Waals surface area contributed by atoms with E-state index in [-0.39, 0.29) is 68.7 Å². The van der Waals surface area contributed by atoms with Crippen molar-refractivity contribution in [2.45, 2.75) is 121 Å². The maximum absolute atomic E-state index is 15.1. The van der Waals surface area contributed by atoms with Crippen molar-refractivity contribution in [3.05, 3.63) is 36.5 Å². The number of aromatic nitrogens is 1. The molecule has 1 saturated heterocycles. The van der Waals surface area contributed by atoms with Crippen LogP contribution in [0.5, 0.6) is 17.4 Å². The van der Waals surface area contributed by atoms with Gasteiger partial charge >= 0.3 is 5.97 Å². The molecule has 0 bridgehead atoms. The Morgan fingerprint density at radius 3 is 2.55 bits per heavy atom. The topological polar surface area (TPSA) is 168 Å². The predicted molar refractivity (Wildman–Crippen MR) is 212 cm³/mol. The molecule has 2 saturated carbocycles. The fraction of sp³-hybridized carbons (Fsp3) is 0.651. The SMILES string of the molecule is CC[C@@H]1C[C@@H](C)CC/C=C\[C@@H]2C[C@@]2(C(=O)NS(=O)(=O)C2(CF)CC2)CC(=O)[C@@H]2C[C@@H](Oc3nccc4c5c(ccc34)OCCO5)CN2C(=O)[C@H]1CC(=O)OC(C)(C)C. The number of ketones is 1. The molecule has 1 aromatic heterocycles. The third-order valence-corrected chi connectivity index (χ3v) is 14.8. The van der Waals surface area contributed by atoms with Crippen molar-refractivity contribution in [1.82, 2.24) is 14.6 Å². The highest BCUT2D eigenvalue weighted by molar-refractivity contribution is 7.91. The molecular formula is C43H56FN3O10S. The van der Waals surface area contributed by atoms with Gasteiger partial charge in [0.25, 0.3) is 0 Å². The van der Waals surface area contributed by atoms with Gasteiger partial charge < -0.3 is 23.8 Å². The lowest BCUT2D eigenvalue weighted by Gasteiger charge is -2.33. The van der Waals surface area contributed by atoms with E-state index in [1.807, 2.05) is 25.1 Å². The summed E-state index contributed by atoms with van der Waals surface area (Å²) in [5, 5.41) is 1.39. The van der Waals surface area contributed by atoms with E-state index in [1.54, 1.807) is 39.1 Å². The Balaban J connectivity index is 1.24. The van der Waals surface area contributed by atoms with Gasteiger partial charge in [0.05, 0.1) is 30.3 Å². The highest BCUT2D eigenvalue weighted by Gasteiger charge is 2.63. The fourth-order valence-corrected chi connectivity index (χ4v) is 10.5. The number of amides is 2. The number of carbonyl (C=O) groups is 4. The second-order valence-corrected chi connectivity index (χ2v) is 20.1. The van der Waals surface area contributed by atoms with Crippen molar-refractivity contribution in [2.75, 3.05) is 26.4 Å². The molecule has 3 fully saturated rings. The van der Waals surface area contributed by atoms with Crippen molar-refractivity contribution >= 4 is 44.4 Å². The fourth-order valence-electron chi connectivity index (χ4n) is 9.05. The van der Waals surface area contributed by atoms with Crippen LogP contribution in [0.2, 0.25) is 0 Å². The van der Waals surface area contributed by atoms with Crippen LogP contribution in [-0.2, 0) is 33.9 Å². The molecule has 58 heavy (non-hydrogen) atoms. The first-order chi connectivity index (χ1) is 27.5. The number of hydrogen-bond acceptors (Lipinski definition) is 11. The minimum Gasteiger partial charge on any atom is -0.486 e. The summed E-state index contributed by atoms with van der Waals surface area (Å²) in [6.45, 7) is 9.13. The third kappa shape index (κ3) is 8.42. The summed E-state index contributed by atoms with van der Waals surface area (Å²) < 4.78 is 65.0. The average molecular weight is 826 g/mol. The van der Waals surface area contributed by atoms with Crippen molar-refractivity contribution in [2.24, 2.45) is 29.1 Å². The second-order valence-electron chi connectivity index (χ2n) is 18.1. The molecule has 2 aromatic rings. The number of rotatable bonds is 9. The Kier molecular flexibility index (Phi) is 11.6. The number of alkyl halides is 1. The van der Waals surface area contributed by atoms with E-state index < -0.39 is 74.1 Å². The molecule has 4 heterocycles. The van der Waals surface area contributed by atoms with Crippen LogP contribution >= 0.6 is 0 Å². The highest BCUT2D eigenvalue weighted by atomic mass is 32.2. The minimum atomic E-state index is -4.35. The van der Waals surface area contributed by atoms with Gasteiger partial charge in [-0.3, -0.25) is 23.9 Å². The van der Waals surface area contributed by atoms with E-state index in [4.69, 9.17) is 18.9 Å². The average Bonchev–Trinajstić information content (AvgIpc) is 4.08. The van der Waals surface area contributed by atoms with Gasteiger partial charge in [-0.1, -0.05) is 32.4 Å². The first-order valence-electron chi connectivity index (χ1n) is 20.7.